The summed E-state index contributed by atoms with van der Waals surface area (Å²) in [4.78, 5) is 11.5. The zero-order chi connectivity index (χ0) is 13.1. The number of benzene rings is 1. The SMILES string of the molecule is C=CCNC(=O)c1ccc(Br)cc1C(F)(F)F. The van der Waals surface area contributed by atoms with Crippen molar-refractivity contribution < 1.29 is 18.0 Å². The van der Waals surface area contributed by atoms with Crippen molar-refractivity contribution in [3.8, 4) is 0 Å². The fourth-order valence-corrected chi connectivity index (χ4v) is 1.57. The summed E-state index contributed by atoms with van der Waals surface area (Å²) in [5, 5.41) is 2.31. The molecule has 0 fully saturated rings. The molecule has 0 aliphatic rings. The molecule has 1 aromatic carbocycles. The zero-order valence-electron chi connectivity index (χ0n) is 8.64. The van der Waals surface area contributed by atoms with Gasteiger partial charge < -0.3 is 5.32 Å². The maximum Gasteiger partial charge on any atom is 0.417 e. The summed E-state index contributed by atoms with van der Waals surface area (Å²) in [5.74, 6) is -0.773. The Morgan fingerprint density at radius 1 is 1.47 bits per heavy atom. The smallest absolute Gasteiger partial charge is 0.349 e. The predicted molar refractivity (Wildman–Crippen MR) is 61.7 cm³/mol. The summed E-state index contributed by atoms with van der Waals surface area (Å²) < 4.78 is 38.3. The third-order valence-corrected chi connectivity index (χ3v) is 2.43. The van der Waals surface area contributed by atoms with Crippen molar-refractivity contribution in [3.63, 3.8) is 0 Å². The van der Waals surface area contributed by atoms with Gasteiger partial charge in [-0.2, -0.15) is 13.2 Å². The van der Waals surface area contributed by atoms with Crippen molar-refractivity contribution in [3.05, 3.63) is 46.5 Å². The van der Waals surface area contributed by atoms with Gasteiger partial charge in [0.15, 0.2) is 0 Å². The number of hydrogen-bond donors (Lipinski definition) is 1. The summed E-state index contributed by atoms with van der Waals surface area (Å²) in [7, 11) is 0. The van der Waals surface area contributed by atoms with Gasteiger partial charge in [-0.25, -0.2) is 0 Å². The van der Waals surface area contributed by atoms with Crippen LogP contribution in [0.4, 0.5) is 13.2 Å². The van der Waals surface area contributed by atoms with Gasteiger partial charge in [0, 0.05) is 11.0 Å². The molecule has 0 saturated carbocycles. The molecule has 0 aromatic heterocycles. The van der Waals surface area contributed by atoms with Gasteiger partial charge in [-0.05, 0) is 18.2 Å². The molecule has 1 amide bonds. The Balaban J connectivity index is 3.15. The lowest BCUT2D eigenvalue weighted by Gasteiger charge is -2.12. The molecular formula is C11H9BrF3NO. The maximum absolute atomic E-state index is 12.7. The van der Waals surface area contributed by atoms with Gasteiger partial charge in [0.2, 0.25) is 0 Å². The normalized spacial score (nSPS) is 11.1. The van der Waals surface area contributed by atoms with Crippen LogP contribution in [0.3, 0.4) is 0 Å². The van der Waals surface area contributed by atoms with E-state index in [1.165, 1.54) is 12.1 Å². The Hall–Kier alpha value is -1.30. The third-order valence-electron chi connectivity index (χ3n) is 1.94. The molecule has 0 aliphatic carbocycles. The van der Waals surface area contributed by atoms with E-state index in [1.54, 1.807) is 0 Å². The van der Waals surface area contributed by atoms with E-state index in [9.17, 15) is 18.0 Å². The van der Waals surface area contributed by atoms with Crippen LogP contribution >= 0.6 is 15.9 Å². The molecule has 1 N–H and O–H groups in total. The number of carbonyl (C=O) groups excluding carboxylic acids is 1. The number of hydrogen-bond acceptors (Lipinski definition) is 1. The highest BCUT2D eigenvalue weighted by atomic mass is 79.9. The summed E-state index contributed by atoms with van der Waals surface area (Å²) >= 11 is 2.94. The molecule has 2 nitrogen and oxygen atoms in total. The average molecular weight is 308 g/mol. The molecule has 17 heavy (non-hydrogen) atoms. The summed E-state index contributed by atoms with van der Waals surface area (Å²) in [6.07, 6.45) is -3.17. The second-order valence-electron chi connectivity index (χ2n) is 3.19. The Morgan fingerprint density at radius 3 is 2.65 bits per heavy atom. The van der Waals surface area contributed by atoms with Gasteiger partial charge in [0.05, 0.1) is 11.1 Å². The van der Waals surface area contributed by atoms with Crippen LogP contribution in [0.1, 0.15) is 15.9 Å². The van der Waals surface area contributed by atoms with Gasteiger partial charge in [-0.1, -0.05) is 22.0 Å². The first-order valence-electron chi connectivity index (χ1n) is 4.62. The lowest BCUT2D eigenvalue weighted by molar-refractivity contribution is -0.138. The van der Waals surface area contributed by atoms with Gasteiger partial charge in [0.1, 0.15) is 0 Å². The second-order valence-corrected chi connectivity index (χ2v) is 4.10. The lowest BCUT2D eigenvalue weighted by Crippen LogP contribution is -2.26. The van der Waals surface area contributed by atoms with Crippen LogP contribution in [-0.2, 0) is 6.18 Å². The second kappa shape index (κ2) is 5.35. The number of amides is 1. The van der Waals surface area contributed by atoms with Gasteiger partial charge >= 0.3 is 6.18 Å². The van der Waals surface area contributed by atoms with Crippen LogP contribution in [0.15, 0.2) is 35.3 Å². The molecule has 92 valence electrons. The molecule has 0 bridgehead atoms. The van der Waals surface area contributed by atoms with Crippen LogP contribution in [0.2, 0.25) is 0 Å². The Bertz CT molecular complexity index is 443. The van der Waals surface area contributed by atoms with E-state index in [-0.39, 0.29) is 11.0 Å². The monoisotopic (exact) mass is 307 g/mol. The molecule has 0 radical (unpaired) electrons. The van der Waals surface area contributed by atoms with Crippen LogP contribution in [0, 0.1) is 0 Å². The summed E-state index contributed by atoms with van der Waals surface area (Å²) in [6.45, 7) is 3.48. The highest BCUT2D eigenvalue weighted by Gasteiger charge is 2.35. The minimum atomic E-state index is -4.56. The van der Waals surface area contributed by atoms with E-state index in [0.29, 0.717) is 0 Å². The highest BCUT2D eigenvalue weighted by Crippen LogP contribution is 2.33. The molecule has 1 aromatic rings. The van der Waals surface area contributed by atoms with E-state index in [1.807, 2.05) is 0 Å². The van der Waals surface area contributed by atoms with Gasteiger partial charge in [-0.15, -0.1) is 6.58 Å². The lowest BCUT2D eigenvalue weighted by atomic mass is 10.1. The fraction of sp³-hybridized carbons (Fsp3) is 0.182. The number of halogens is 4. The van der Waals surface area contributed by atoms with Crippen molar-refractivity contribution in [1.82, 2.24) is 5.32 Å². The number of rotatable bonds is 3. The maximum atomic E-state index is 12.7. The quantitative estimate of drug-likeness (QED) is 0.852. The molecule has 0 atom stereocenters. The predicted octanol–water partition coefficient (Wildman–Crippen LogP) is 3.38. The summed E-state index contributed by atoms with van der Waals surface area (Å²) in [5.41, 5.74) is -1.36. The van der Waals surface area contributed by atoms with Crippen molar-refractivity contribution in [2.75, 3.05) is 6.54 Å². The molecule has 1 rings (SSSR count). The van der Waals surface area contributed by atoms with E-state index < -0.39 is 23.2 Å². The van der Waals surface area contributed by atoms with E-state index >= 15 is 0 Å². The highest BCUT2D eigenvalue weighted by molar-refractivity contribution is 9.10. The van der Waals surface area contributed by atoms with Crippen molar-refractivity contribution in [2.45, 2.75) is 6.18 Å². The molecule has 0 heterocycles. The average Bonchev–Trinajstić information content (AvgIpc) is 2.24. The zero-order valence-corrected chi connectivity index (χ0v) is 10.2. The van der Waals surface area contributed by atoms with E-state index in [0.717, 1.165) is 12.1 Å². The van der Waals surface area contributed by atoms with E-state index in [2.05, 4.69) is 27.8 Å². The van der Waals surface area contributed by atoms with Crippen molar-refractivity contribution >= 4 is 21.8 Å². The van der Waals surface area contributed by atoms with Crippen LogP contribution in [0.25, 0.3) is 0 Å². The van der Waals surface area contributed by atoms with Crippen molar-refractivity contribution in [2.24, 2.45) is 0 Å². The first-order valence-corrected chi connectivity index (χ1v) is 5.41. The Labute approximate surface area is 105 Å². The minimum absolute atomic E-state index is 0.117. The summed E-state index contributed by atoms with van der Waals surface area (Å²) in [6, 6.07) is 3.40. The van der Waals surface area contributed by atoms with Crippen LogP contribution < -0.4 is 5.32 Å². The molecule has 0 unspecified atom stereocenters. The molecule has 6 heteroatoms. The first kappa shape index (κ1) is 13.8. The first-order chi connectivity index (χ1) is 7.86. The van der Waals surface area contributed by atoms with Crippen molar-refractivity contribution in [1.29, 1.82) is 0 Å². The fourth-order valence-electron chi connectivity index (χ4n) is 1.21. The topological polar surface area (TPSA) is 29.1 Å². The van der Waals surface area contributed by atoms with Crippen LogP contribution in [-0.4, -0.2) is 12.5 Å². The number of carbonyl (C=O) groups is 1. The molecule has 0 aliphatic heterocycles. The minimum Gasteiger partial charge on any atom is -0.349 e. The standard InChI is InChI=1S/C11H9BrF3NO/c1-2-5-16-10(17)8-4-3-7(12)6-9(8)11(13,14)15/h2-4,6H,1,5H2,(H,16,17). The largest absolute Gasteiger partial charge is 0.417 e. The third kappa shape index (κ3) is 3.59. The van der Waals surface area contributed by atoms with Gasteiger partial charge in [0.25, 0.3) is 5.91 Å². The Morgan fingerprint density at radius 2 is 2.12 bits per heavy atom. The number of alkyl halides is 3. The number of nitrogens with one attached hydrogen (secondary N) is 1. The Kier molecular flexibility index (Phi) is 4.34. The van der Waals surface area contributed by atoms with Gasteiger partial charge in [-0.3, -0.25) is 4.79 Å². The molecular weight excluding hydrogens is 299 g/mol. The van der Waals surface area contributed by atoms with Crippen LogP contribution in [0.5, 0.6) is 0 Å². The molecule has 0 saturated heterocycles. The molecule has 0 spiro atoms. The van der Waals surface area contributed by atoms with E-state index in [4.69, 9.17) is 0 Å².